The van der Waals surface area contributed by atoms with Crippen molar-refractivity contribution in [3.8, 4) is 5.75 Å². The number of aliphatic hydroxyl groups excluding tert-OH is 3. The third kappa shape index (κ3) is 22.7. The summed E-state index contributed by atoms with van der Waals surface area (Å²) in [6.07, 6.45) is -1.77. The third-order valence-corrected chi connectivity index (χ3v) is 14.7. The topological polar surface area (TPSA) is 498 Å². The molecule has 2 fully saturated rings. The molecule has 11 atom stereocenters. The lowest BCUT2D eigenvalue weighted by Crippen LogP contribution is -2.61. The number of nitrogens with two attached hydrogens (primary N) is 2. The van der Waals surface area contributed by atoms with E-state index in [4.69, 9.17) is 11.5 Å². The van der Waals surface area contributed by atoms with Gasteiger partial charge in [0.2, 0.25) is 65.0 Å². The van der Waals surface area contributed by atoms with Gasteiger partial charge in [-0.1, -0.05) is 70.2 Å². The first-order valence-electron chi connectivity index (χ1n) is 29.2. The largest absolute Gasteiger partial charge is 0.508 e. The van der Waals surface area contributed by atoms with Crippen LogP contribution in [-0.2, 0) is 75.2 Å². The molecule has 31 nitrogen and oxygen atoms in total. The van der Waals surface area contributed by atoms with E-state index < -0.39 is 182 Å². The minimum Gasteiger partial charge on any atom is -0.508 e. The number of carbonyl (C=O) groups is 13. The SMILES string of the molecule is CC(C)C[C@H](NC(=O)[C@H](CC(N)=O)NC(=O)[C@H](CCC(=O)O)NC(=O)[C@@H]1CCCN1C(=O)[C@H](Cc1ccccc1)NC(=O)[C@H](CO)NC(=O)[C@@H]1CCCN1C(=O)[C@H](CO)NC(=O)[C@H](CO)NC(=O)[C@H](Cc1ccc(O)cc1)NC(=O)[C@@H](N)CC(C)C)C(=O)O. The number of aliphatic hydroxyl groups is 3. The van der Waals surface area contributed by atoms with E-state index >= 15 is 0 Å². The fraction of sp³-hybridized carbons (Fsp3) is 0.569. The standard InChI is InChI=1S/C58H84N12O19/c1-30(2)22-35(59)48(78)62-37(24-33-14-16-34(74)17-15-33)50(80)66-41(27-71)53(83)68-43(29-73)57(87)70-21-9-13-45(70)55(85)67-42(28-72)52(82)64-39(25-32-10-6-5-7-11-32)56(86)69-20-8-12-44(69)54(84)61-36(18-19-47(76)77)49(79)63-38(26-46(60)75)51(81)65-40(58(88)89)23-31(3)4/h5-7,10-11,14-17,30-31,35-45,71-74H,8-9,12-13,18-29,59H2,1-4H3,(H2,60,75)(H,61,84)(H,62,78)(H,63,79)(H,64,82)(H,65,81)(H,66,80)(H,67,85)(H,68,83)(H,76,77)(H,88,89)/t35-,36-,37-,38-,39-,40-,41-,42-,43-,44-,45-/m0/s1. The van der Waals surface area contributed by atoms with Crippen molar-refractivity contribution in [2.75, 3.05) is 32.9 Å². The summed E-state index contributed by atoms with van der Waals surface area (Å²) in [7, 11) is 0. The number of nitrogens with one attached hydrogen (secondary N) is 8. The quantitative estimate of drug-likeness (QED) is 0.0308. The van der Waals surface area contributed by atoms with Crippen LogP contribution < -0.4 is 54.0 Å². The summed E-state index contributed by atoms with van der Waals surface area (Å²) in [6, 6.07) is -2.81. The summed E-state index contributed by atoms with van der Waals surface area (Å²) in [4.78, 5) is 176. The summed E-state index contributed by atoms with van der Waals surface area (Å²) in [5, 5.41) is 79.2. The molecule has 2 saturated heterocycles. The van der Waals surface area contributed by atoms with Crippen LogP contribution in [0.3, 0.4) is 0 Å². The normalized spacial score (nSPS) is 17.7. The van der Waals surface area contributed by atoms with Crippen molar-refractivity contribution in [3.63, 3.8) is 0 Å². The molecule has 89 heavy (non-hydrogen) atoms. The van der Waals surface area contributed by atoms with Crippen molar-refractivity contribution >= 4 is 76.9 Å². The molecule has 0 saturated carbocycles. The second kappa shape index (κ2) is 35.3. The molecule has 0 radical (unpaired) electrons. The Kier molecular flexibility index (Phi) is 28.8. The first kappa shape index (κ1) is 72.7. The highest BCUT2D eigenvalue weighted by molar-refractivity contribution is 6.00. The van der Waals surface area contributed by atoms with E-state index in [9.17, 15) is 93.0 Å². The van der Waals surface area contributed by atoms with Gasteiger partial charge in [0, 0.05) is 32.4 Å². The van der Waals surface area contributed by atoms with Crippen molar-refractivity contribution in [3.05, 3.63) is 65.7 Å². The van der Waals surface area contributed by atoms with E-state index in [1.165, 1.54) is 24.3 Å². The number of primary amides is 1. The fourth-order valence-electron chi connectivity index (χ4n) is 10.1. The van der Waals surface area contributed by atoms with Crippen LogP contribution in [0.1, 0.15) is 96.6 Å². The summed E-state index contributed by atoms with van der Waals surface area (Å²) in [6.45, 7) is 3.79. The lowest BCUT2D eigenvalue weighted by atomic mass is 10.0. The number of hydrogen-bond donors (Lipinski definition) is 16. The van der Waals surface area contributed by atoms with E-state index in [0.29, 0.717) is 11.1 Å². The van der Waals surface area contributed by atoms with Crippen molar-refractivity contribution in [1.29, 1.82) is 0 Å². The predicted molar refractivity (Wildman–Crippen MR) is 313 cm³/mol. The molecule has 11 amide bonds. The van der Waals surface area contributed by atoms with Crippen LogP contribution >= 0.6 is 0 Å². The molecule has 0 aliphatic carbocycles. The number of carbonyl (C=O) groups excluding carboxylic acids is 11. The number of hydrogen-bond acceptors (Lipinski definition) is 18. The average molecular weight is 1250 g/mol. The molecule has 0 bridgehead atoms. The number of benzene rings is 2. The Balaban J connectivity index is 1.48. The number of carboxylic acids is 2. The van der Waals surface area contributed by atoms with Crippen molar-refractivity contribution in [2.24, 2.45) is 23.3 Å². The Morgan fingerprint density at radius 2 is 0.921 bits per heavy atom. The highest BCUT2D eigenvalue weighted by Crippen LogP contribution is 2.22. The van der Waals surface area contributed by atoms with E-state index in [0.717, 1.165) is 9.80 Å². The molecule has 31 heteroatoms. The molecular formula is C58H84N12O19. The second-order valence-corrected chi connectivity index (χ2v) is 22.8. The Morgan fingerprint density at radius 1 is 0.506 bits per heavy atom. The van der Waals surface area contributed by atoms with Crippen molar-refractivity contribution in [1.82, 2.24) is 52.3 Å². The zero-order valence-corrected chi connectivity index (χ0v) is 50.1. The van der Waals surface area contributed by atoms with Crippen molar-refractivity contribution in [2.45, 2.75) is 165 Å². The lowest BCUT2D eigenvalue weighted by molar-refractivity contribution is -0.144. The summed E-state index contributed by atoms with van der Waals surface area (Å²) < 4.78 is 0. The van der Waals surface area contributed by atoms with Gasteiger partial charge < -0.3 is 94.4 Å². The molecule has 2 aromatic rings. The third-order valence-electron chi connectivity index (χ3n) is 14.7. The van der Waals surface area contributed by atoms with Crippen LogP contribution in [-0.4, -0.2) is 217 Å². The van der Waals surface area contributed by atoms with Gasteiger partial charge in [-0.2, -0.15) is 0 Å². The maximum atomic E-state index is 14.6. The number of likely N-dealkylation sites (tertiary alicyclic amines) is 2. The number of nitrogens with zero attached hydrogens (tertiary/aromatic N) is 2. The van der Waals surface area contributed by atoms with E-state index in [2.05, 4.69) is 42.5 Å². The van der Waals surface area contributed by atoms with Crippen LogP contribution in [0.25, 0.3) is 0 Å². The summed E-state index contributed by atoms with van der Waals surface area (Å²) >= 11 is 0. The second-order valence-electron chi connectivity index (χ2n) is 22.8. The van der Waals surface area contributed by atoms with Crippen LogP contribution in [0.4, 0.5) is 0 Å². The van der Waals surface area contributed by atoms with Gasteiger partial charge in [0.15, 0.2) is 0 Å². The Labute approximate surface area is 513 Å². The van der Waals surface area contributed by atoms with E-state index in [1.54, 1.807) is 44.2 Å². The molecule has 0 unspecified atom stereocenters. The highest BCUT2D eigenvalue weighted by atomic mass is 16.4. The molecule has 4 rings (SSSR count). The number of phenolic OH excluding ortho intramolecular Hbond substituents is 1. The highest BCUT2D eigenvalue weighted by Gasteiger charge is 2.43. The van der Waals surface area contributed by atoms with E-state index in [-0.39, 0.29) is 82.0 Å². The van der Waals surface area contributed by atoms with Crippen LogP contribution in [0.2, 0.25) is 0 Å². The van der Waals surface area contributed by atoms with Crippen LogP contribution in [0.15, 0.2) is 54.6 Å². The number of amides is 11. The molecule has 0 aromatic heterocycles. The van der Waals surface area contributed by atoms with Gasteiger partial charge in [-0.15, -0.1) is 0 Å². The lowest BCUT2D eigenvalue weighted by Gasteiger charge is -2.31. The maximum Gasteiger partial charge on any atom is 0.326 e. The molecule has 2 heterocycles. The molecule has 2 aliphatic heterocycles. The number of carboxylic acid groups (broad SMARTS) is 2. The minimum absolute atomic E-state index is 0.000353. The molecule has 2 aliphatic rings. The minimum atomic E-state index is -1.78. The van der Waals surface area contributed by atoms with E-state index in [1.807, 2.05) is 13.8 Å². The summed E-state index contributed by atoms with van der Waals surface area (Å²) in [5.74, 6) is -14.0. The number of aliphatic carboxylic acids is 2. The molecule has 0 spiro atoms. The number of aromatic hydroxyl groups is 1. The molecule has 490 valence electrons. The first-order valence-corrected chi connectivity index (χ1v) is 29.2. The number of rotatable bonds is 35. The zero-order valence-electron chi connectivity index (χ0n) is 50.1. The van der Waals surface area contributed by atoms with Gasteiger partial charge in [-0.05, 0) is 80.0 Å². The fourth-order valence-corrected chi connectivity index (χ4v) is 10.1. The molecule has 18 N–H and O–H groups in total. The summed E-state index contributed by atoms with van der Waals surface area (Å²) in [5.41, 5.74) is 12.4. The Bertz CT molecular complexity index is 2830. The molecule has 2 aromatic carbocycles. The zero-order chi connectivity index (χ0) is 66.2. The van der Waals surface area contributed by atoms with Gasteiger partial charge in [0.1, 0.15) is 66.2 Å². The predicted octanol–water partition coefficient (Wildman–Crippen LogP) is -4.74. The molecular weight excluding hydrogens is 1170 g/mol. The van der Waals surface area contributed by atoms with Crippen LogP contribution in [0, 0.1) is 11.8 Å². The van der Waals surface area contributed by atoms with Gasteiger partial charge in [0.05, 0.1) is 32.3 Å². The smallest absolute Gasteiger partial charge is 0.326 e. The van der Waals surface area contributed by atoms with Gasteiger partial charge in [-0.3, -0.25) is 57.5 Å². The Hall–Kier alpha value is -8.81. The maximum absolute atomic E-state index is 14.6. The van der Waals surface area contributed by atoms with Crippen LogP contribution in [0.5, 0.6) is 5.75 Å². The monoisotopic (exact) mass is 1250 g/mol. The first-order chi connectivity index (χ1) is 42.1. The van der Waals surface area contributed by atoms with Crippen molar-refractivity contribution < 1.29 is 93.0 Å². The van der Waals surface area contributed by atoms with Gasteiger partial charge >= 0.3 is 11.9 Å². The average Bonchev–Trinajstić information content (AvgIpc) is 2.18. The van der Waals surface area contributed by atoms with Gasteiger partial charge in [0.25, 0.3) is 0 Å². The Morgan fingerprint density at radius 3 is 1.43 bits per heavy atom. The number of phenols is 1. The van der Waals surface area contributed by atoms with Gasteiger partial charge in [-0.25, -0.2) is 4.79 Å².